The molecule has 0 bridgehead atoms. The Morgan fingerprint density at radius 1 is 1.28 bits per heavy atom. The topological polar surface area (TPSA) is 79.3 Å². The number of carbonyl (C=O) groups excluding carboxylic acids is 2. The van der Waals surface area contributed by atoms with Gasteiger partial charge in [-0.25, -0.2) is 0 Å². The largest absolute Gasteiger partial charge is 0.346 e. The monoisotopic (exact) mass is 349 g/mol. The van der Waals surface area contributed by atoms with Crippen LogP contribution in [-0.4, -0.2) is 52.2 Å². The van der Waals surface area contributed by atoms with E-state index < -0.39 is 11.8 Å². The molecule has 2 rings (SSSR count). The highest BCUT2D eigenvalue weighted by molar-refractivity contribution is 6.39. The van der Waals surface area contributed by atoms with Crippen LogP contribution in [0.25, 0.3) is 0 Å². The number of aryl methyl sites for hydroxylation is 1. The predicted molar refractivity (Wildman–Crippen MR) is 98.4 cm³/mol. The molecule has 7 nitrogen and oxygen atoms in total. The van der Waals surface area contributed by atoms with E-state index in [-0.39, 0.29) is 0 Å². The van der Waals surface area contributed by atoms with Crippen molar-refractivity contribution in [2.24, 2.45) is 5.92 Å². The van der Waals surface area contributed by atoms with Crippen LogP contribution < -0.4 is 10.6 Å². The SMILES string of the molecule is CCN1CCC[C@H]1CNC(=O)C(=O)Nc1c(C)nn(CC(C)C)c1C. The second-order valence-electron chi connectivity index (χ2n) is 7.21. The standard InChI is InChI=1S/C18H31N5O2/c1-6-22-9-7-8-15(22)10-19-17(24)18(25)20-16-13(4)21-23(14(16)5)11-12(2)3/h12,15H,6-11H2,1-5H3,(H,19,24)(H,20,25)/t15-/m0/s1. The molecule has 0 aliphatic carbocycles. The van der Waals surface area contributed by atoms with Crippen LogP contribution in [0.3, 0.4) is 0 Å². The number of rotatable bonds is 6. The lowest BCUT2D eigenvalue weighted by Gasteiger charge is -2.22. The molecule has 2 N–H and O–H groups in total. The molecule has 0 aromatic carbocycles. The Bertz CT molecular complexity index is 623. The Morgan fingerprint density at radius 2 is 2.00 bits per heavy atom. The summed E-state index contributed by atoms with van der Waals surface area (Å²) in [7, 11) is 0. The molecular weight excluding hydrogens is 318 g/mol. The van der Waals surface area contributed by atoms with Gasteiger partial charge < -0.3 is 10.6 Å². The summed E-state index contributed by atoms with van der Waals surface area (Å²) < 4.78 is 1.88. The van der Waals surface area contributed by atoms with E-state index in [1.807, 2.05) is 18.5 Å². The lowest BCUT2D eigenvalue weighted by atomic mass is 10.2. The van der Waals surface area contributed by atoms with Crippen molar-refractivity contribution in [2.75, 3.05) is 25.0 Å². The lowest BCUT2D eigenvalue weighted by molar-refractivity contribution is -0.136. The molecule has 0 radical (unpaired) electrons. The molecule has 2 heterocycles. The van der Waals surface area contributed by atoms with Crippen molar-refractivity contribution in [1.29, 1.82) is 0 Å². The van der Waals surface area contributed by atoms with Gasteiger partial charge in [0.05, 0.1) is 17.1 Å². The first-order valence-electron chi connectivity index (χ1n) is 9.20. The Hall–Kier alpha value is -1.89. The van der Waals surface area contributed by atoms with Gasteiger partial charge in [-0.3, -0.25) is 19.2 Å². The summed E-state index contributed by atoms with van der Waals surface area (Å²) in [6.07, 6.45) is 2.21. The first kappa shape index (κ1) is 19.4. The molecule has 140 valence electrons. The van der Waals surface area contributed by atoms with Crippen LogP contribution in [0.5, 0.6) is 0 Å². The van der Waals surface area contributed by atoms with Gasteiger partial charge in [0.25, 0.3) is 0 Å². The number of amides is 2. The van der Waals surface area contributed by atoms with E-state index >= 15 is 0 Å². The molecule has 1 aromatic rings. The lowest BCUT2D eigenvalue weighted by Crippen LogP contribution is -2.43. The molecule has 0 unspecified atom stereocenters. The third-order valence-electron chi connectivity index (χ3n) is 4.77. The van der Waals surface area contributed by atoms with Crippen LogP contribution in [0.4, 0.5) is 5.69 Å². The molecule has 1 aromatic heterocycles. The number of aromatic nitrogens is 2. The number of carbonyl (C=O) groups is 2. The van der Waals surface area contributed by atoms with Gasteiger partial charge in [-0.15, -0.1) is 0 Å². The smallest absolute Gasteiger partial charge is 0.313 e. The average Bonchev–Trinajstić information content (AvgIpc) is 3.11. The first-order valence-corrected chi connectivity index (χ1v) is 9.20. The normalized spacial score (nSPS) is 17.9. The zero-order valence-corrected chi connectivity index (χ0v) is 16.1. The zero-order valence-electron chi connectivity index (χ0n) is 16.1. The van der Waals surface area contributed by atoms with E-state index in [0.29, 0.717) is 24.2 Å². The van der Waals surface area contributed by atoms with Crippen LogP contribution in [0.15, 0.2) is 0 Å². The Kier molecular flexibility index (Phi) is 6.58. The molecule has 1 fully saturated rings. The summed E-state index contributed by atoms with van der Waals surface area (Å²) in [5, 5.41) is 9.95. The fourth-order valence-corrected chi connectivity index (χ4v) is 3.41. The van der Waals surface area contributed by atoms with E-state index in [1.165, 1.54) is 0 Å². The van der Waals surface area contributed by atoms with Crippen molar-refractivity contribution >= 4 is 17.5 Å². The number of hydrogen-bond donors (Lipinski definition) is 2. The van der Waals surface area contributed by atoms with Crippen LogP contribution in [0.1, 0.15) is 45.0 Å². The number of anilines is 1. The van der Waals surface area contributed by atoms with Crippen LogP contribution in [0.2, 0.25) is 0 Å². The van der Waals surface area contributed by atoms with E-state index in [2.05, 4.69) is 41.4 Å². The molecule has 0 saturated carbocycles. The number of nitrogens with one attached hydrogen (secondary N) is 2. The Morgan fingerprint density at radius 3 is 2.64 bits per heavy atom. The molecule has 1 saturated heterocycles. The minimum atomic E-state index is -0.628. The maximum atomic E-state index is 12.2. The van der Waals surface area contributed by atoms with E-state index in [4.69, 9.17) is 0 Å². The minimum absolute atomic E-state index is 0.332. The molecule has 1 aliphatic heterocycles. The van der Waals surface area contributed by atoms with Crippen LogP contribution >= 0.6 is 0 Å². The molecule has 2 amide bonds. The Balaban J connectivity index is 1.93. The predicted octanol–water partition coefficient (Wildman–Crippen LogP) is 1.69. The van der Waals surface area contributed by atoms with Crippen molar-refractivity contribution in [3.8, 4) is 0 Å². The molecule has 1 atom stereocenters. The fraction of sp³-hybridized carbons (Fsp3) is 0.722. The maximum absolute atomic E-state index is 12.2. The minimum Gasteiger partial charge on any atom is -0.346 e. The van der Waals surface area contributed by atoms with Crippen molar-refractivity contribution in [2.45, 2.75) is 60.0 Å². The quantitative estimate of drug-likeness (QED) is 0.766. The van der Waals surface area contributed by atoms with Gasteiger partial charge in [-0.1, -0.05) is 20.8 Å². The van der Waals surface area contributed by atoms with Crippen molar-refractivity contribution in [3.63, 3.8) is 0 Å². The van der Waals surface area contributed by atoms with Gasteiger partial charge in [0, 0.05) is 19.1 Å². The average molecular weight is 349 g/mol. The van der Waals surface area contributed by atoms with Crippen LogP contribution in [-0.2, 0) is 16.1 Å². The molecule has 1 aliphatic rings. The highest BCUT2D eigenvalue weighted by atomic mass is 16.2. The summed E-state index contributed by atoms with van der Waals surface area (Å²) >= 11 is 0. The van der Waals surface area contributed by atoms with Crippen molar-refractivity contribution in [3.05, 3.63) is 11.4 Å². The van der Waals surface area contributed by atoms with Crippen molar-refractivity contribution < 1.29 is 9.59 Å². The zero-order chi connectivity index (χ0) is 18.6. The molecular formula is C18H31N5O2. The van der Waals surface area contributed by atoms with Gasteiger partial charge in [0.1, 0.15) is 0 Å². The number of likely N-dealkylation sites (tertiary alicyclic amines) is 1. The second kappa shape index (κ2) is 8.47. The third kappa shape index (κ3) is 4.81. The third-order valence-corrected chi connectivity index (χ3v) is 4.77. The van der Waals surface area contributed by atoms with Gasteiger partial charge in [-0.2, -0.15) is 5.10 Å². The molecule has 25 heavy (non-hydrogen) atoms. The van der Waals surface area contributed by atoms with Crippen LogP contribution in [0, 0.1) is 19.8 Å². The summed E-state index contributed by atoms with van der Waals surface area (Å²) in [5.41, 5.74) is 2.24. The number of likely N-dealkylation sites (N-methyl/N-ethyl adjacent to an activating group) is 1. The fourth-order valence-electron chi connectivity index (χ4n) is 3.41. The number of nitrogens with zero attached hydrogens (tertiary/aromatic N) is 3. The van der Waals surface area contributed by atoms with Gasteiger partial charge in [0.15, 0.2) is 0 Å². The highest BCUT2D eigenvalue weighted by Crippen LogP contribution is 2.20. The van der Waals surface area contributed by atoms with E-state index in [1.54, 1.807) is 0 Å². The van der Waals surface area contributed by atoms with E-state index in [0.717, 1.165) is 43.9 Å². The summed E-state index contributed by atoms with van der Waals surface area (Å²) in [6, 6.07) is 0.332. The first-order chi connectivity index (χ1) is 11.8. The highest BCUT2D eigenvalue weighted by Gasteiger charge is 2.25. The van der Waals surface area contributed by atoms with Gasteiger partial charge >= 0.3 is 11.8 Å². The summed E-state index contributed by atoms with van der Waals surface area (Å²) in [5.74, 6) is -0.757. The van der Waals surface area contributed by atoms with Gasteiger partial charge in [-0.05, 0) is 45.7 Å². The number of hydrogen-bond acceptors (Lipinski definition) is 4. The van der Waals surface area contributed by atoms with Crippen molar-refractivity contribution in [1.82, 2.24) is 20.0 Å². The van der Waals surface area contributed by atoms with Gasteiger partial charge in [0.2, 0.25) is 0 Å². The second-order valence-corrected chi connectivity index (χ2v) is 7.21. The van der Waals surface area contributed by atoms with E-state index in [9.17, 15) is 9.59 Å². The Labute approximate surface area is 150 Å². The summed E-state index contributed by atoms with van der Waals surface area (Å²) in [4.78, 5) is 26.7. The maximum Gasteiger partial charge on any atom is 0.313 e. The molecule has 7 heteroatoms. The summed E-state index contributed by atoms with van der Waals surface area (Å²) in [6.45, 7) is 13.4. The molecule has 0 spiro atoms.